The molecule has 2 aromatic carbocycles. The van der Waals surface area contributed by atoms with Crippen LogP contribution in [0.4, 0.5) is 4.39 Å². The molecule has 2 aromatic rings. The molecule has 3 rings (SSSR count). The minimum atomic E-state index is -0.297. The SMILES string of the molecule is CC(C)C(NC(=O)Cc1cc(Cl)c2c(c1)OCCCO2)c1ccc(F)cc1. The topological polar surface area (TPSA) is 47.6 Å². The second-order valence-electron chi connectivity index (χ2n) is 6.97. The van der Waals surface area contributed by atoms with Gasteiger partial charge in [0.05, 0.1) is 30.7 Å². The number of rotatable bonds is 5. The van der Waals surface area contributed by atoms with Gasteiger partial charge in [-0.05, 0) is 41.3 Å². The van der Waals surface area contributed by atoms with Crippen molar-refractivity contribution >= 4 is 17.5 Å². The number of halogens is 2. The zero-order valence-electron chi connectivity index (χ0n) is 15.4. The molecule has 1 N–H and O–H groups in total. The second kappa shape index (κ2) is 8.61. The first-order valence-corrected chi connectivity index (χ1v) is 9.44. The van der Waals surface area contributed by atoms with Gasteiger partial charge in [-0.3, -0.25) is 4.79 Å². The molecule has 0 spiro atoms. The Balaban J connectivity index is 1.73. The lowest BCUT2D eigenvalue weighted by molar-refractivity contribution is -0.121. The summed E-state index contributed by atoms with van der Waals surface area (Å²) in [6, 6.07) is 9.54. The van der Waals surface area contributed by atoms with E-state index < -0.39 is 0 Å². The fraction of sp³-hybridized carbons (Fsp3) is 0.381. The summed E-state index contributed by atoms with van der Waals surface area (Å²) >= 11 is 6.30. The van der Waals surface area contributed by atoms with Crippen molar-refractivity contribution in [1.29, 1.82) is 0 Å². The van der Waals surface area contributed by atoms with Crippen molar-refractivity contribution in [3.05, 3.63) is 58.4 Å². The Morgan fingerprint density at radius 2 is 1.89 bits per heavy atom. The monoisotopic (exact) mass is 391 g/mol. The van der Waals surface area contributed by atoms with Gasteiger partial charge in [0.1, 0.15) is 5.82 Å². The highest BCUT2D eigenvalue weighted by atomic mass is 35.5. The van der Waals surface area contributed by atoms with Crippen LogP contribution in [0.3, 0.4) is 0 Å². The zero-order valence-corrected chi connectivity index (χ0v) is 16.2. The number of nitrogens with one attached hydrogen (secondary N) is 1. The summed E-state index contributed by atoms with van der Waals surface area (Å²) < 4.78 is 24.5. The van der Waals surface area contributed by atoms with E-state index in [1.807, 2.05) is 13.8 Å². The summed E-state index contributed by atoms with van der Waals surface area (Å²) in [5, 5.41) is 3.48. The van der Waals surface area contributed by atoms with Gasteiger partial charge >= 0.3 is 0 Å². The Morgan fingerprint density at radius 1 is 1.19 bits per heavy atom. The summed E-state index contributed by atoms with van der Waals surface area (Å²) in [5.41, 5.74) is 1.62. The molecule has 0 saturated heterocycles. The van der Waals surface area contributed by atoms with Crippen LogP contribution in [0.2, 0.25) is 5.02 Å². The Labute approximate surface area is 163 Å². The van der Waals surface area contributed by atoms with E-state index in [2.05, 4.69) is 5.32 Å². The van der Waals surface area contributed by atoms with Gasteiger partial charge in [-0.25, -0.2) is 4.39 Å². The van der Waals surface area contributed by atoms with Crippen molar-refractivity contribution in [3.8, 4) is 11.5 Å². The largest absolute Gasteiger partial charge is 0.489 e. The van der Waals surface area contributed by atoms with Crippen LogP contribution in [-0.4, -0.2) is 19.1 Å². The number of fused-ring (bicyclic) bond motifs is 1. The van der Waals surface area contributed by atoms with E-state index >= 15 is 0 Å². The molecule has 0 aliphatic carbocycles. The Kier molecular flexibility index (Phi) is 6.22. The number of ether oxygens (including phenoxy) is 2. The van der Waals surface area contributed by atoms with Crippen molar-refractivity contribution in [3.63, 3.8) is 0 Å². The lowest BCUT2D eigenvalue weighted by Crippen LogP contribution is -2.32. The Bertz CT molecular complexity index is 808. The number of hydrogen-bond acceptors (Lipinski definition) is 3. The van der Waals surface area contributed by atoms with E-state index in [9.17, 15) is 9.18 Å². The van der Waals surface area contributed by atoms with Crippen molar-refractivity contribution in [2.45, 2.75) is 32.7 Å². The lowest BCUT2D eigenvalue weighted by atomic mass is 9.95. The standard InChI is InChI=1S/C21H23ClFNO3/c1-13(2)20(15-4-6-16(23)7-5-15)24-19(25)12-14-10-17(22)21-18(11-14)26-8-3-9-27-21/h4-7,10-11,13,20H,3,8-9,12H2,1-2H3,(H,24,25). The molecule has 0 saturated carbocycles. The van der Waals surface area contributed by atoms with Crippen LogP contribution < -0.4 is 14.8 Å². The fourth-order valence-electron chi connectivity index (χ4n) is 3.10. The average molecular weight is 392 g/mol. The molecule has 1 heterocycles. The maximum Gasteiger partial charge on any atom is 0.224 e. The van der Waals surface area contributed by atoms with Gasteiger partial charge in [0.25, 0.3) is 0 Å². The number of hydrogen-bond donors (Lipinski definition) is 1. The molecule has 1 aliphatic rings. The number of carbonyl (C=O) groups is 1. The molecule has 0 bridgehead atoms. The fourth-order valence-corrected chi connectivity index (χ4v) is 3.39. The predicted molar refractivity (Wildman–Crippen MR) is 103 cm³/mol. The molecule has 0 fully saturated rings. The molecule has 1 unspecified atom stereocenters. The molecule has 1 aliphatic heterocycles. The first-order valence-electron chi connectivity index (χ1n) is 9.07. The van der Waals surface area contributed by atoms with Crippen molar-refractivity contribution in [1.82, 2.24) is 5.32 Å². The van der Waals surface area contributed by atoms with Crippen LogP contribution in [0.5, 0.6) is 11.5 Å². The first-order chi connectivity index (χ1) is 12.9. The molecular weight excluding hydrogens is 369 g/mol. The van der Waals surface area contributed by atoms with E-state index in [0.29, 0.717) is 29.7 Å². The van der Waals surface area contributed by atoms with Crippen LogP contribution in [0, 0.1) is 11.7 Å². The van der Waals surface area contributed by atoms with Crippen LogP contribution in [-0.2, 0) is 11.2 Å². The maximum absolute atomic E-state index is 13.2. The molecule has 4 nitrogen and oxygen atoms in total. The average Bonchev–Trinajstić information content (AvgIpc) is 2.86. The summed E-state index contributed by atoms with van der Waals surface area (Å²) in [7, 11) is 0. The highest BCUT2D eigenvalue weighted by molar-refractivity contribution is 6.32. The second-order valence-corrected chi connectivity index (χ2v) is 7.38. The highest BCUT2D eigenvalue weighted by Crippen LogP contribution is 2.38. The smallest absolute Gasteiger partial charge is 0.224 e. The van der Waals surface area contributed by atoms with Crippen molar-refractivity contribution < 1.29 is 18.7 Å². The summed E-state index contributed by atoms with van der Waals surface area (Å²) in [6.45, 7) is 5.14. The summed E-state index contributed by atoms with van der Waals surface area (Å²) in [4.78, 5) is 12.6. The molecule has 144 valence electrons. The molecular formula is C21H23ClFNO3. The minimum Gasteiger partial charge on any atom is -0.489 e. The molecule has 0 aromatic heterocycles. The number of benzene rings is 2. The van der Waals surface area contributed by atoms with Gasteiger partial charge in [0, 0.05) is 6.42 Å². The molecule has 1 atom stereocenters. The van der Waals surface area contributed by atoms with E-state index in [4.69, 9.17) is 21.1 Å². The van der Waals surface area contributed by atoms with E-state index in [-0.39, 0.29) is 30.1 Å². The van der Waals surface area contributed by atoms with Gasteiger partial charge in [-0.1, -0.05) is 37.6 Å². The van der Waals surface area contributed by atoms with Crippen LogP contribution in [0.15, 0.2) is 36.4 Å². The van der Waals surface area contributed by atoms with E-state index in [1.54, 1.807) is 24.3 Å². The predicted octanol–water partition coefficient (Wildman–Crippen LogP) is 4.70. The normalized spacial score (nSPS) is 14.6. The lowest BCUT2D eigenvalue weighted by Gasteiger charge is -2.23. The third kappa shape index (κ3) is 4.92. The van der Waals surface area contributed by atoms with Crippen molar-refractivity contribution in [2.24, 2.45) is 5.92 Å². The van der Waals surface area contributed by atoms with Gasteiger partial charge in [0.2, 0.25) is 5.91 Å². The first kappa shape index (κ1) is 19.5. The molecule has 6 heteroatoms. The van der Waals surface area contributed by atoms with Gasteiger partial charge < -0.3 is 14.8 Å². The van der Waals surface area contributed by atoms with Crippen LogP contribution in [0.25, 0.3) is 0 Å². The zero-order chi connectivity index (χ0) is 19.4. The summed E-state index contributed by atoms with van der Waals surface area (Å²) in [6.07, 6.45) is 0.954. The van der Waals surface area contributed by atoms with Gasteiger partial charge in [-0.2, -0.15) is 0 Å². The van der Waals surface area contributed by atoms with Crippen molar-refractivity contribution in [2.75, 3.05) is 13.2 Å². The van der Waals surface area contributed by atoms with Gasteiger partial charge in [-0.15, -0.1) is 0 Å². The Hall–Kier alpha value is -2.27. The minimum absolute atomic E-state index is 0.136. The highest BCUT2D eigenvalue weighted by Gasteiger charge is 2.20. The van der Waals surface area contributed by atoms with E-state index in [1.165, 1.54) is 12.1 Å². The third-order valence-electron chi connectivity index (χ3n) is 4.44. The number of amides is 1. The molecule has 0 radical (unpaired) electrons. The quantitative estimate of drug-likeness (QED) is 0.803. The van der Waals surface area contributed by atoms with Crippen LogP contribution >= 0.6 is 11.6 Å². The molecule has 1 amide bonds. The third-order valence-corrected chi connectivity index (χ3v) is 4.72. The number of carbonyl (C=O) groups excluding carboxylic acids is 1. The van der Waals surface area contributed by atoms with Crippen LogP contribution in [0.1, 0.15) is 37.4 Å². The summed E-state index contributed by atoms with van der Waals surface area (Å²) in [5.74, 6) is 0.830. The maximum atomic E-state index is 13.2. The Morgan fingerprint density at radius 3 is 2.59 bits per heavy atom. The van der Waals surface area contributed by atoms with Gasteiger partial charge in [0.15, 0.2) is 11.5 Å². The van der Waals surface area contributed by atoms with E-state index in [0.717, 1.165) is 17.5 Å². The molecule has 27 heavy (non-hydrogen) atoms.